The number of para-hydroxylation sites is 1. The zero-order valence-electron chi connectivity index (χ0n) is 21.6. The summed E-state index contributed by atoms with van der Waals surface area (Å²) in [6, 6.07) is 22.1. The van der Waals surface area contributed by atoms with Gasteiger partial charge in [-0.1, -0.05) is 56.3 Å². The van der Waals surface area contributed by atoms with Crippen LogP contribution in [-0.4, -0.2) is 40.3 Å². The van der Waals surface area contributed by atoms with Gasteiger partial charge in [0.25, 0.3) is 11.5 Å². The topological polar surface area (TPSA) is 73.7 Å². The van der Waals surface area contributed by atoms with Crippen LogP contribution in [-0.2, 0) is 6.54 Å². The molecule has 0 aliphatic heterocycles. The molecule has 37 heavy (non-hydrogen) atoms. The van der Waals surface area contributed by atoms with Crippen LogP contribution in [0.1, 0.15) is 49.7 Å². The molecule has 1 heterocycles. The van der Waals surface area contributed by atoms with E-state index in [0.717, 1.165) is 18.4 Å². The van der Waals surface area contributed by atoms with Gasteiger partial charge < -0.3 is 14.4 Å². The predicted molar refractivity (Wildman–Crippen MR) is 146 cm³/mol. The van der Waals surface area contributed by atoms with Gasteiger partial charge in [-0.15, -0.1) is 0 Å². The van der Waals surface area contributed by atoms with E-state index in [9.17, 15) is 9.59 Å². The van der Waals surface area contributed by atoms with Crippen molar-refractivity contribution < 1.29 is 14.3 Å². The van der Waals surface area contributed by atoms with Crippen molar-refractivity contribution in [3.05, 3.63) is 94.4 Å². The van der Waals surface area contributed by atoms with Crippen molar-refractivity contribution in [3.63, 3.8) is 0 Å². The Labute approximate surface area is 217 Å². The summed E-state index contributed by atoms with van der Waals surface area (Å²) >= 11 is 0. The van der Waals surface area contributed by atoms with Gasteiger partial charge in [0.1, 0.15) is 0 Å². The molecule has 0 saturated carbocycles. The van der Waals surface area contributed by atoms with Gasteiger partial charge in [-0.05, 0) is 55.7 Å². The van der Waals surface area contributed by atoms with Gasteiger partial charge >= 0.3 is 0 Å². The number of aromatic nitrogens is 2. The van der Waals surface area contributed by atoms with E-state index in [1.54, 1.807) is 35.2 Å². The number of carbonyl (C=O) groups excluding carboxylic acids is 1. The fourth-order valence-electron chi connectivity index (χ4n) is 4.23. The summed E-state index contributed by atoms with van der Waals surface area (Å²) in [7, 11) is 0. The molecule has 7 heteroatoms. The highest BCUT2D eigenvalue weighted by Gasteiger charge is 2.23. The number of carbonyl (C=O) groups is 1. The van der Waals surface area contributed by atoms with Crippen LogP contribution in [0.5, 0.6) is 11.5 Å². The lowest BCUT2D eigenvalue weighted by atomic mass is 10.1. The molecule has 4 rings (SSSR count). The van der Waals surface area contributed by atoms with E-state index in [1.807, 2.05) is 56.3 Å². The maximum atomic E-state index is 14.0. The molecule has 0 bridgehead atoms. The fourth-order valence-corrected chi connectivity index (χ4v) is 4.23. The van der Waals surface area contributed by atoms with Gasteiger partial charge in [0.15, 0.2) is 17.2 Å². The number of benzene rings is 3. The first-order valence-corrected chi connectivity index (χ1v) is 12.8. The molecular formula is C30H33N3O4. The number of hydrogen-bond donors (Lipinski definition) is 0. The van der Waals surface area contributed by atoms with Crippen molar-refractivity contribution in [2.24, 2.45) is 0 Å². The molecule has 0 fully saturated rings. The Morgan fingerprint density at radius 3 is 2.30 bits per heavy atom. The number of ether oxygens (including phenoxy) is 2. The Hall–Kier alpha value is -4.13. The van der Waals surface area contributed by atoms with Crippen LogP contribution in [0, 0.1) is 0 Å². The molecular weight excluding hydrogens is 466 g/mol. The van der Waals surface area contributed by atoms with Crippen molar-refractivity contribution in [3.8, 4) is 17.2 Å². The van der Waals surface area contributed by atoms with Gasteiger partial charge in [0.05, 0.1) is 24.3 Å². The van der Waals surface area contributed by atoms with Crippen LogP contribution in [0.25, 0.3) is 16.5 Å². The molecule has 192 valence electrons. The molecule has 0 aliphatic carbocycles. The van der Waals surface area contributed by atoms with E-state index in [-0.39, 0.29) is 17.2 Å². The second-order valence-electron chi connectivity index (χ2n) is 8.74. The van der Waals surface area contributed by atoms with Crippen molar-refractivity contribution in [2.75, 3.05) is 19.8 Å². The lowest BCUT2D eigenvalue weighted by Gasteiger charge is -2.23. The lowest BCUT2D eigenvalue weighted by molar-refractivity contribution is 0.0737. The Bertz CT molecular complexity index is 1420. The van der Waals surface area contributed by atoms with E-state index >= 15 is 0 Å². The molecule has 0 unspecified atom stereocenters. The third kappa shape index (κ3) is 5.82. The van der Waals surface area contributed by atoms with Crippen LogP contribution in [0.2, 0.25) is 0 Å². The highest BCUT2D eigenvalue weighted by molar-refractivity contribution is 6.04. The molecule has 0 N–H and O–H groups in total. The first-order chi connectivity index (χ1) is 18.1. The van der Waals surface area contributed by atoms with E-state index in [1.165, 1.54) is 4.68 Å². The highest BCUT2D eigenvalue weighted by Crippen LogP contribution is 2.29. The monoisotopic (exact) mass is 499 g/mol. The van der Waals surface area contributed by atoms with Crippen molar-refractivity contribution in [1.82, 2.24) is 14.7 Å². The number of hydrogen-bond acceptors (Lipinski definition) is 5. The third-order valence-corrected chi connectivity index (χ3v) is 5.93. The second-order valence-corrected chi connectivity index (χ2v) is 8.74. The average Bonchev–Trinajstić information content (AvgIpc) is 2.93. The van der Waals surface area contributed by atoms with Gasteiger partial charge in [-0.3, -0.25) is 9.59 Å². The lowest BCUT2D eigenvalue weighted by Crippen LogP contribution is -2.34. The molecule has 0 saturated heterocycles. The van der Waals surface area contributed by atoms with Gasteiger partial charge in [0, 0.05) is 18.5 Å². The molecule has 0 aliphatic rings. The first-order valence-electron chi connectivity index (χ1n) is 12.8. The minimum atomic E-state index is -0.260. The predicted octanol–water partition coefficient (Wildman–Crippen LogP) is 5.63. The minimum Gasteiger partial charge on any atom is -0.490 e. The van der Waals surface area contributed by atoms with Gasteiger partial charge in [-0.2, -0.15) is 9.78 Å². The van der Waals surface area contributed by atoms with E-state index < -0.39 is 0 Å². The van der Waals surface area contributed by atoms with E-state index in [4.69, 9.17) is 9.47 Å². The summed E-state index contributed by atoms with van der Waals surface area (Å²) in [5.41, 5.74) is 1.53. The van der Waals surface area contributed by atoms with Crippen LogP contribution in [0.4, 0.5) is 0 Å². The Morgan fingerprint density at radius 1 is 0.865 bits per heavy atom. The SMILES string of the molecule is CCCOc1ccc(CN(CCC)C(=O)c2nn(-c3ccccc3)c(=O)c3ccccc23)cc1OCC. The summed E-state index contributed by atoms with van der Waals surface area (Å²) in [5.74, 6) is 1.13. The fraction of sp³-hybridized carbons (Fsp3) is 0.300. The standard InChI is InChI=1S/C30H33N3O4/c1-4-18-32(21-22-16-17-26(37-19-5-2)27(20-22)36-6-3)30(35)28-24-14-10-11-15-25(24)29(34)33(31-28)23-12-8-7-9-13-23/h7-17,20H,4-6,18-19,21H2,1-3H3. The van der Waals surface area contributed by atoms with E-state index in [2.05, 4.69) is 12.0 Å². The zero-order valence-corrected chi connectivity index (χ0v) is 21.6. The summed E-state index contributed by atoms with van der Waals surface area (Å²) in [4.78, 5) is 29.0. The zero-order chi connectivity index (χ0) is 26.2. The molecule has 0 radical (unpaired) electrons. The molecule has 0 spiro atoms. The Balaban J connectivity index is 1.74. The van der Waals surface area contributed by atoms with Crippen molar-refractivity contribution >= 4 is 16.7 Å². The first kappa shape index (κ1) is 25.9. The van der Waals surface area contributed by atoms with Crippen molar-refractivity contribution in [2.45, 2.75) is 40.2 Å². The number of rotatable bonds is 11. The van der Waals surface area contributed by atoms with Crippen LogP contribution in [0.3, 0.4) is 0 Å². The molecule has 1 aromatic heterocycles. The maximum Gasteiger partial charge on any atom is 0.279 e. The van der Waals surface area contributed by atoms with Gasteiger partial charge in [0.2, 0.25) is 0 Å². The Morgan fingerprint density at radius 2 is 1.59 bits per heavy atom. The Kier molecular flexibility index (Phi) is 8.56. The second kappa shape index (κ2) is 12.2. The molecule has 4 aromatic rings. The van der Waals surface area contributed by atoms with Crippen LogP contribution < -0.4 is 15.0 Å². The molecule has 7 nitrogen and oxygen atoms in total. The average molecular weight is 500 g/mol. The smallest absolute Gasteiger partial charge is 0.279 e. The van der Waals surface area contributed by atoms with Crippen molar-refractivity contribution in [1.29, 1.82) is 0 Å². The summed E-state index contributed by atoms with van der Waals surface area (Å²) in [5, 5.41) is 5.58. The van der Waals surface area contributed by atoms with E-state index in [0.29, 0.717) is 54.3 Å². The minimum absolute atomic E-state index is 0.230. The third-order valence-electron chi connectivity index (χ3n) is 5.93. The highest BCUT2D eigenvalue weighted by atomic mass is 16.5. The maximum absolute atomic E-state index is 14.0. The molecule has 0 atom stereocenters. The van der Waals surface area contributed by atoms with Crippen LogP contribution in [0.15, 0.2) is 77.6 Å². The summed E-state index contributed by atoms with van der Waals surface area (Å²) in [6.45, 7) is 8.06. The number of nitrogens with zero attached hydrogens (tertiary/aromatic N) is 3. The summed E-state index contributed by atoms with van der Waals surface area (Å²) < 4.78 is 13.0. The van der Waals surface area contributed by atoms with Gasteiger partial charge in [-0.25, -0.2) is 0 Å². The largest absolute Gasteiger partial charge is 0.490 e. The summed E-state index contributed by atoms with van der Waals surface area (Å²) in [6.07, 6.45) is 1.68. The quantitative estimate of drug-likeness (QED) is 0.268. The molecule has 3 aromatic carbocycles. The van der Waals surface area contributed by atoms with Crippen LogP contribution >= 0.6 is 0 Å². The molecule has 1 amide bonds. The normalized spacial score (nSPS) is 10.9. The number of amides is 1. The number of fused-ring (bicyclic) bond motifs is 1.